The van der Waals surface area contributed by atoms with Crippen LogP contribution in [0.3, 0.4) is 0 Å². The van der Waals surface area contributed by atoms with E-state index in [-0.39, 0.29) is 12.1 Å². The van der Waals surface area contributed by atoms with Crippen molar-refractivity contribution in [3.05, 3.63) is 34.3 Å². The van der Waals surface area contributed by atoms with E-state index in [4.69, 9.17) is 4.74 Å². The summed E-state index contributed by atoms with van der Waals surface area (Å²) >= 11 is 3.38. The molecule has 0 aliphatic rings. The Labute approximate surface area is 104 Å². The van der Waals surface area contributed by atoms with Crippen molar-refractivity contribution < 1.29 is 9.53 Å². The second-order valence-electron chi connectivity index (χ2n) is 3.38. The van der Waals surface area contributed by atoms with Crippen LogP contribution in [0.2, 0.25) is 0 Å². The molecule has 1 N–H and O–H groups in total. The van der Waals surface area contributed by atoms with Gasteiger partial charge in [0.2, 0.25) is 0 Å². The smallest absolute Gasteiger partial charge is 0.407 e. The van der Waals surface area contributed by atoms with Crippen molar-refractivity contribution in [2.75, 3.05) is 6.61 Å². The van der Waals surface area contributed by atoms with Crippen LogP contribution in [-0.2, 0) is 4.74 Å². The van der Waals surface area contributed by atoms with Crippen LogP contribution >= 0.6 is 15.9 Å². The van der Waals surface area contributed by atoms with Crippen molar-refractivity contribution in [3.63, 3.8) is 0 Å². The Hall–Kier alpha value is -1.03. The molecule has 4 heteroatoms. The van der Waals surface area contributed by atoms with Crippen LogP contribution in [0, 0.1) is 0 Å². The molecular formula is C12H16BrNO2. The Balaban J connectivity index is 2.67. The molecule has 1 amide bonds. The second kappa shape index (κ2) is 6.53. The van der Waals surface area contributed by atoms with Gasteiger partial charge in [0.05, 0.1) is 12.6 Å². The summed E-state index contributed by atoms with van der Waals surface area (Å²) in [6.45, 7) is 4.21. The van der Waals surface area contributed by atoms with Gasteiger partial charge in [-0.15, -0.1) is 0 Å². The lowest BCUT2D eigenvalue weighted by molar-refractivity contribution is 0.147. The van der Waals surface area contributed by atoms with Crippen molar-refractivity contribution in [2.45, 2.75) is 26.3 Å². The van der Waals surface area contributed by atoms with Crippen LogP contribution in [0.15, 0.2) is 28.7 Å². The fraction of sp³-hybridized carbons (Fsp3) is 0.417. The fourth-order valence-corrected chi connectivity index (χ4v) is 1.70. The molecule has 0 fully saturated rings. The molecule has 0 spiro atoms. The molecule has 1 aromatic carbocycles. The number of hydrogen-bond donors (Lipinski definition) is 1. The van der Waals surface area contributed by atoms with E-state index in [2.05, 4.69) is 21.2 Å². The summed E-state index contributed by atoms with van der Waals surface area (Å²) in [5.41, 5.74) is 1.08. The first-order valence-corrected chi connectivity index (χ1v) is 6.15. The topological polar surface area (TPSA) is 38.3 Å². The molecule has 0 saturated heterocycles. The van der Waals surface area contributed by atoms with Crippen LogP contribution in [0.5, 0.6) is 0 Å². The Kier molecular flexibility index (Phi) is 5.32. The molecule has 0 saturated carbocycles. The number of carbonyl (C=O) groups excluding carboxylic acids is 1. The standard InChI is InChI=1S/C12H16BrNO2/c1-3-11(14-12(15)16-4-2)9-5-7-10(13)8-6-9/h5-8,11H,3-4H2,1-2H3,(H,14,15)/t11-/m1/s1. The Morgan fingerprint density at radius 3 is 2.50 bits per heavy atom. The molecule has 0 aliphatic heterocycles. The van der Waals surface area contributed by atoms with Crippen molar-refractivity contribution in [3.8, 4) is 0 Å². The molecule has 88 valence electrons. The molecule has 1 aromatic rings. The molecule has 0 aliphatic carbocycles. The molecule has 3 nitrogen and oxygen atoms in total. The highest BCUT2D eigenvalue weighted by Crippen LogP contribution is 2.19. The van der Waals surface area contributed by atoms with Crippen molar-refractivity contribution >= 4 is 22.0 Å². The highest BCUT2D eigenvalue weighted by molar-refractivity contribution is 9.10. The lowest BCUT2D eigenvalue weighted by Crippen LogP contribution is -2.28. The van der Waals surface area contributed by atoms with Gasteiger partial charge in [0.1, 0.15) is 0 Å². The van der Waals surface area contributed by atoms with Gasteiger partial charge in [-0.25, -0.2) is 4.79 Å². The van der Waals surface area contributed by atoms with Gasteiger partial charge in [-0.05, 0) is 31.0 Å². The molecular weight excluding hydrogens is 270 g/mol. The quantitative estimate of drug-likeness (QED) is 0.917. The second-order valence-corrected chi connectivity index (χ2v) is 4.29. The predicted octanol–water partition coefficient (Wildman–Crippen LogP) is 3.65. The number of alkyl carbamates (subject to hydrolysis) is 1. The number of rotatable bonds is 4. The predicted molar refractivity (Wildman–Crippen MR) is 67.3 cm³/mol. The van der Waals surface area contributed by atoms with Gasteiger partial charge in [0.25, 0.3) is 0 Å². The summed E-state index contributed by atoms with van der Waals surface area (Å²) in [6, 6.07) is 7.91. The van der Waals surface area contributed by atoms with E-state index in [1.165, 1.54) is 0 Å². The number of halogens is 1. The molecule has 0 aromatic heterocycles. The number of carbonyl (C=O) groups is 1. The summed E-state index contributed by atoms with van der Waals surface area (Å²) < 4.78 is 5.89. The lowest BCUT2D eigenvalue weighted by atomic mass is 10.1. The van der Waals surface area contributed by atoms with Gasteiger partial charge in [0.15, 0.2) is 0 Å². The number of benzene rings is 1. The number of amides is 1. The summed E-state index contributed by atoms with van der Waals surface area (Å²) in [4.78, 5) is 11.3. The van der Waals surface area contributed by atoms with Gasteiger partial charge in [-0.2, -0.15) is 0 Å². The fourth-order valence-electron chi connectivity index (χ4n) is 1.43. The van der Waals surface area contributed by atoms with E-state index in [0.29, 0.717) is 6.61 Å². The average molecular weight is 286 g/mol. The average Bonchev–Trinajstić information content (AvgIpc) is 2.27. The highest BCUT2D eigenvalue weighted by Gasteiger charge is 2.12. The summed E-state index contributed by atoms with van der Waals surface area (Å²) in [7, 11) is 0. The van der Waals surface area contributed by atoms with E-state index < -0.39 is 0 Å². The van der Waals surface area contributed by atoms with E-state index in [1.54, 1.807) is 6.92 Å². The highest BCUT2D eigenvalue weighted by atomic mass is 79.9. The first-order chi connectivity index (χ1) is 7.67. The van der Waals surface area contributed by atoms with E-state index in [1.807, 2.05) is 31.2 Å². The molecule has 0 unspecified atom stereocenters. The minimum absolute atomic E-state index is 0.00662. The van der Waals surface area contributed by atoms with E-state index in [9.17, 15) is 4.79 Å². The van der Waals surface area contributed by atoms with E-state index in [0.717, 1.165) is 16.5 Å². The normalized spacial score (nSPS) is 11.9. The van der Waals surface area contributed by atoms with Crippen molar-refractivity contribution in [1.29, 1.82) is 0 Å². The van der Waals surface area contributed by atoms with Gasteiger partial charge in [0, 0.05) is 4.47 Å². The van der Waals surface area contributed by atoms with Crippen LogP contribution < -0.4 is 5.32 Å². The maximum atomic E-state index is 11.3. The Morgan fingerprint density at radius 1 is 1.38 bits per heavy atom. The number of hydrogen-bond acceptors (Lipinski definition) is 2. The maximum Gasteiger partial charge on any atom is 0.407 e. The maximum absolute atomic E-state index is 11.3. The zero-order valence-electron chi connectivity index (χ0n) is 9.50. The third-order valence-electron chi connectivity index (χ3n) is 2.25. The molecule has 0 bridgehead atoms. The molecule has 1 atom stereocenters. The monoisotopic (exact) mass is 285 g/mol. The summed E-state index contributed by atoms with van der Waals surface area (Å²) in [5, 5.41) is 2.83. The Bertz CT molecular complexity index is 337. The molecule has 16 heavy (non-hydrogen) atoms. The SMILES string of the molecule is CCOC(=O)N[C@H](CC)c1ccc(Br)cc1. The lowest BCUT2D eigenvalue weighted by Gasteiger charge is -2.17. The summed E-state index contributed by atoms with van der Waals surface area (Å²) in [5.74, 6) is 0. The van der Waals surface area contributed by atoms with Crippen LogP contribution in [0.4, 0.5) is 4.79 Å². The van der Waals surface area contributed by atoms with E-state index >= 15 is 0 Å². The molecule has 0 heterocycles. The van der Waals surface area contributed by atoms with Gasteiger partial charge >= 0.3 is 6.09 Å². The molecule has 1 rings (SSSR count). The number of nitrogens with one attached hydrogen (secondary N) is 1. The third kappa shape index (κ3) is 3.85. The molecule has 0 radical (unpaired) electrons. The van der Waals surface area contributed by atoms with Gasteiger partial charge in [-0.3, -0.25) is 0 Å². The largest absolute Gasteiger partial charge is 0.450 e. The van der Waals surface area contributed by atoms with Crippen LogP contribution in [0.25, 0.3) is 0 Å². The Morgan fingerprint density at radius 2 is 2.00 bits per heavy atom. The first-order valence-electron chi connectivity index (χ1n) is 5.36. The van der Waals surface area contributed by atoms with Gasteiger partial charge in [-0.1, -0.05) is 35.0 Å². The minimum atomic E-state index is -0.364. The third-order valence-corrected chi connectivity index (χ3v) is 2.78. The summed E-state index contributed by atoms with van der Waals surface area (Å²) in [6.07, 6.45) is 0.470. The van der Waals surface area contributed by atoms with Crippen LogP contribution in [0.1, 0.15) is 31.9 Å². The van der Waals surface area contributed by atoms with Crippen molar-refractivity contribution in [2.24, 2.45) is 0 Å². The minimum Gasteiger partial charge on any atom is -0.450 e. The van der Waals surface area contributed by atoms with Gasteiger partial charge < -0.3 is 10.1 Å². The number of ether oxygens (including phenoxy) is 1. The van der Waals surface area contributed by atoms with Crippen LogP contribution in [-0.4, -0.2) is 12.7 Å². The zero-order valence-corrected chi connectivity index (χ0v) is 11.1. The van der Waals surface area contributed by atoms with Crippen molar-refractivity contribution in [1.82, 2.24) is 5.32 Å². The first kappa shape index (κ1) is 13.0. The zero-order chi connectivity index (χ0) is 12.0.